The predicted molar refractivity (Wildman–Crippen MR) is 143 cm³/mol. The summed E-state index contributed by atoms with van der Waals surface area (Å²) in [4.78, 5) is 56.3. The van der Waals surface area contributed by atoms with Crippen molar-refractivity contribution in [2.75, 3.05) is 31.2 Å². The van der Waals surface area contributed by atoms with E-state index < -0.39 is 45.5 Å². The molecule has 3 amide bonds. The minimum atomic E-state index is -4.68. The van der Waals surface area contributed by atoms with Gasteiger partial charge in [-0.25, -0.2) is 4.90 Å². The van der Waals surface area contributed by atoms with Gasteiger partial charge in [0.25, 0.3) is 0 Å². The van der Waals surface area contributed by atoms with Crippen molar-refractivity contribution in [3.05, 3.63) is 74.2 Å². The maximum atomic E-state index is 13.9. The second-order valence-electron chi connectivity index (χ2n) is 9.81. The topological polar surface area (TPSA) is 109 Å². The number of thioether (sulfide) groups is 1. The van der Waals surface area contributed by atoms with Crippen LogP contribution in [0, 0.1) is 5.92 Å². The first-order valence-corrected chi connectivity index (χ1v) is 14.3. The molecule has 3 aliphatic rings. The van der Waals surface area contributed by atoms with Crippen molar-refractivity contribution in [1.29, 1.82) is 0 Å². The third-order valence-corrected chi connectivity index (χ3v) is 9.99. The molecule has 2 saturated heterocycles. The number of nitrogens with zero attached hydrogens (tertiary/aromatic N) is 3. The van der Waals surface area contributed by atoms with Crippen molar-refractivity contribution in [1.82, 2.24) is 9.47 Å². The van der Waals surface area contributed by atoms with E-state index in [-0.39, 0.29) is 23.9 Å². The summed E-state index contributed by atoms with van der Waals surface area (Å²) in [5.74, 6) is -3.55. The number of amides is 3. The van der Waals surface area contributed by atoms with Gasteiger partial charge in [0.1, 0.15) is 17.5 Å². The number of halogens is 3. The fourth-order valence-corrected chi connectivity index (χ4v) is 8.19. The van der Waals surface area contributed by atoms with Crippen LogP contribution in [0.25, 0.3) is 0 Å². The molecule has 9 nitrogen and oxygen atoms in total. The average molecular weight is 606 g/mol. The van der Waals surface area contributed by atoms with Gasteiger partial charge in [-0.05, 0) is 35.9 Å². The smallest absolute Gasteiger partial charge is 0.416 e. The van der Waals surface area contributed by atoms with Gasteiger partial charge in [-0.2, -0.15) is 13.2 Å². The van der Waals surface area contributed by atoms with Crippen LogP contribution in [-0.2, 0) is 31.8 Å². The Morgan fingerprint density at radius 3 is 2.41 bits per heavy atom. The van der Waals surface area contributed by atoms with Crippen LogP contribution in [0.3, 0.4) is 0 Å². The van der Waals surface area contributed by atoms with E-state index in [2.05, 4.69) is 0 Å². The molecule has 41 heavy (non-hydrogen) atoms. The number of carbonyl (C=O) groups excluding carboxylic acids is 3. The second kappa shape index (κ2) is 10.3. The number of fused-ring (bicyclic) bond motifs is 2. The molecule has 0 spiro atoms. The number of morpholine rings is 1. The van der Waals surface area contributed by atoms with Crippen molar-refractivity contribution < 1.29 is 37.4 Å². The van der Waals surface area contributed by atoms with Crippen LogP contribution in [0.5, 0.6) is 5.75 Å². The molecule has 2 aromatic carbocycles. The normalized spacial score (nSPS) is 22.6. The first-order chi connectivity index (χ1) is 19.5. The lowest BCUT2D eigenvalue weighted by atomic mass is 9.83. The minimum Gasteiger partial charge on any atom is -0.508 e. The van der Waals surface area contributed by atoms with Gasteiger partial charge < -0.3 is 14.7 Å². The van der Waals surface area contributed by atoms with Crippen LogP contribution in [0.15, 0.2) is 58.4 Å². The lowest BCUT2D eigenvalue weighted by Crippen LogP contribution is -2.43. The Labute approximate surface area is 239 Å². The fourth-order valence-electron chi connectivity index (χ4n) is 5.42. The second-order valence-corrected chi connectivity index (χ2v) is 11.9. The number of anilines is 1. The molecular weight excluding hydrogens is 583 g/mol. The van der Waals surface area contributed by atoms with Gasteiger partial charge in [0.15, 0.2) is 0 Å². The Morgan fingerprint density at radius 2 is 1.73 bits per heavy atom. The first-order valence-electron chi connectivity index (χ1n) is 12.6. The lowest BCUT2D eigenvalue weighted by Gasteiger charge is -2.31. The van der Waals surface area contributed by atoms with Crippen molar-refractivity contribution in [3.63, 3.8) is 0 Å². The van der Waals surface area contributed by atoms with Crippen LogP contribution in [0.4, 0.5) is 18.9 Å². The van der Waals surface area contributed by atoms with Crippen molar-refractivity contribution >= 4 is 46.5 Å². The molecule has 1 N–H and O–H groups in total. The zero-order chi connectivity index (χ0) is 29.1. The lowest BCUT2D eigenvalue weighted by molar-refractivity contribution is -0.138. The van der Waals surface area contributed by atoms with E-state index in [0.717, 1.165) is 46.2 Å². The predicted octanol–water partition coefficient (Wildman–Crippen LogP) is 3.29. The Bertz CT molecular complexity index is 1600. The van der Waals surface area contributed by atoms with Gasteiger partial charge in [0, 0.05) is 23.9 Å². The molecule has 2 fully saturated rings. The molecule has 3 aromatic rings. The quantitative estimate of drug-likeness (QED) is 0.455. The van der Waals surface area contributed by atoms with Gasteiger partial charge in [-0.15, -0.1) is 0 Å². The number of alkyl halides is 3. The SMILES string of the molecule is O=C(Cn1c2c(sc1=O)[C@@H](c1ccc(O)cc1)C1C(=O)N(c3cccc(C(F)(F)F)c3)C(=O)C1S2)N1CCOCC1. The molecule has 3 aliphatic heterocycles. The number of hydrogen-bond donors (Lipinski definition) is 1. The van der Waals surface area contributed by atoms with E-state index >= 15 is 0 Å². The standard InChI is InChI=1S/C27H22F3N3O6S2/c28-27(29,30)15-2-1-3-16(12-15)33-23(36)20-19(14-4-6-17(34)7-5-14)22-25(40-21(20)24(33)37)32(26(38)41-22)13-18(35)31-8-10-39-11-9-31/h1-7,12,19-21,34H,8-11,13H2/t19-,20?,21?/m0/s1. The molecule has 4 heterocycles. The minimum absolute atomic E-state index is 0.0306. The highest BCUT2D eigenvalue weighted by atomic mass is 32.2. The molecule has 3 atom stereocenters. The maximum absolute atomic E-state index is 13.9. The molecule has 0 aliphatic carbocycles. The van der Waals surface area contributed by atoms with Crippen molar-refractivity contribution in [2.45, 2.75) is 28.9 Å². The molecule has 214 valence electrons. The number of phenols is 1. The number of ether oxygens (including phenoxy) is 1. The third kappa shape index (κ3) is 4.83. The van der Waals surface area contributed by atoms with E-state index in [1.54, 1.807) is 17.0 Å². The summed E-state index contributed by atoms with van der Waals surface area (Å²) in [5.41, 5.74) is -0.653. The Hall–Kier alpha value is -3.62. The fraction of sp³-hybridized carbons (Fsp3) is 0.333. The first kappa shape index (κ1) is 27.5. The number of benzene rings is 2. The van der Waals surface area contributed by atoms with Gasteiger partial charge in [0.2, 0.25) is 17.7 Å². The number of thiazole rings is 1. The summed E-state index contributed by atoms with van der Waals surface area (Å²) < 4.78 is 46.9. The maximum Gasteiger partial charge on any atom is 0.416 e. The van der Waals surface area contributed by atoms with Crippen molar-refractivity contribution in [2.24, 2.45) is 5.92 Å². The molecular formula is C27H22F3N3O6S2. The highest BCUT2D eigenvalue weighted by Crippen LogP contribution is 2.54. The molecule has 1 aromatic heterocycles. The van der Waals surface area contributed by atoms with E-state index in [4.69, 9.17) is 4.74 Å². The van der Waals surface area contributed by atoms with E-state index in [0.29, 0.717) is 41.8 Å². The number of phenolic OH excluding ortho intramolecular Hbond substituents is 1. The van der Waals surface area contributed by atoms with E-state index in [1.807, 2.05) is 0 Å². The summed E-state index contributed by atoms with van der Waals surface area (Å²) in [6.45, 7) is 1.26. The molecule has 2 unspecified atom stereocenters. The molecule has 0 radical (unpaired) electrons. The highest BCUT2D eigenvalue weighted by Gasteiger charge is 2.57. The van der Waals surface area contributed by atoms with Crippen LogP contribution >= 0.6 is 23.1 Å². The van der Waals surface area contributed by atoms with Crippen LogP contribution in [0.2, 0.25) is 0 Å². The van der Waals surface area contributed by atoms with Gasteiger partial charge >= 0.3 is 11.0 Å². The monoisotopic (exact) mass is 605 g/mol. The van der Waals surface area contributed by atoms with Crippen LogP contribution in [0.1, 0.15) is 21.9 Å². The number of carbonyl (C=O) groups is 3. The zero-order valence-corrected chi connectivity index (χ0v) is 22.8. The van der Waals surface area contributed by atoms with E-state index in [9.17, 15) is 37.5 Å². The Balaban J connectivity index is 1.43. The van der Waals surface area contributed by atoms with Gasteiger partial charge in [-0.1, -0.05) is 41.3 Å². The molecule has 14 heteroatoms. The molecule has 6 rings (SSSR count). The number of rotatable bonds is 4. The number of aromatic hydroxyl groups is 1. The average Bonchev–Trinajstić information content (AvgIpc) is 3.39. The largest absolute Gasteiger partial charge is 0.508 e. The van der Waals surface area contributed by atoms with Crippen molar-refractivity contribution in [3.8, 4) is 5.75 Å². The van der Waals surface area contributed by atoms with E-state index in [1.165, 1.54) is 22.8 Å². The third-order valence-electron chi connectivity index (χ3n) is 7.39. The Kier molecular flexibility index (Phi) is 6.94. The summed E-state index contributed by atoms with van der Waals surface area (Å²) in [5, 5.41) is 9.17. The van der Waals surface area contributed by atoms with Crippen LogP contribution < -0.4 is 9.77 Å². The molecule has 0 bridgehead atoms. The van der Waals surface area contributed by atoms with Gasteiger partial charge in [0.05, 0.1) is 35.4 Å². The Morgan fingerprint density at radius 1 is 1.02 bits per heavy atom. The summed E-state index contributed by atoms with van der Waals surface area (Å²) in [6.07, 6.45) is -4.68. The molecule has 0 saturated carbocycles. The summed E-state index contributed by atoms with van der Waals surface area (Å²) >= 11 is 1.85. The zero-order valence-electron chi connectivity index (χ0n) is 21.2. The summed E-state index contributed by atoms with van der Waals surface area (Å²) in [6, 6.07) is 10.0. The summed E-state index contributed by atoms with van der Waals surface area (Å²) in [7, 11) is 0. The number of imide groups is 1. The van der Waals surface area contributed by atoms with Gasteiger partial charge in [-0.3, -0.25) is 23.7 Å². The number of aromatic nitrogens is 1. The highest BCUT2D eigenvalue weighted by molar-refractivity contribution is 8.00. The number of hydrogen-bond acceptors (Lipinski definition) is 8. The van der Waals surface area contributed by atoms with Crippen LogP contribution in [-0.4, -0.2) is 63.8 Å².